The standard InChI is InChI=1S/C25H26F3NO/c1-2-3-4-5-18-6-8-19(9-7-18)20-10-13-22(14-11-20)25(27,28)30-23-15-12-21(17-29)24(26)16-23/h2-3,10-16,18-19H,4-9H2,1H3/b3-2-/t18-,19-. The maximum Gasteiger partial charge on any atom is 0.426 e. The van der Waals surface area contributed by atoms with E-state index in [9.17, 15) is 13.2 Å². The molecule has 2 nitrogen and oxygen atoms in total. The maximum absolute atomic E-state index is 14.5. The van der Waals surface area contributed by atoms with Crippen LogP contribution in [-0.4, -0.2) is 0 Å². The van der Waals surface area contributed by atoms with Gasteiger partial charge in [-0.2, -0.15) is 14.0 Å². The van der Waals surface area contributed by atoms with Gasteiger partial charge in [0.05, 0.1) is 11.1 Å². The molecule has 0 atom stereocenters. The summed E-state index contributed by atoms with van der Waals surface area (Å²) in [6.45, 7) is 2.04. The number of hydrogen-bond acceptors (Lipinski definition) is 2. The first-order valence-electron chi connectivity index (χ1n) is 10.4. The van der Waals surface area contributed by atoms with Gasteiger partial charge in [-0.3, -0.25) is 0 Å². The van der Waals surface area contributed by atoms with Crippen LogP contribution in [0, 0.1) is 23.1 Å². The number of alkyl halides is 2. The molecule has 30 heavy (non-hydrogen) atoms. The van der Waals surface area contributed by atoms with Crippen LogP contribution in [0.1, 0.15) is 68.1 Å². The fourth-order valence-corrected chi connectivity index (χ4v) is 4.09. The van der Waals surface area contributed by atoms with Crippen molar-refractivity contribution in [3.05, 3.63) is 77.1 Å². The summed E-state index contributed by atoms with van der Waals surface area (Å²) in [4.78, 5) is 0. The van der Waals surface area contributed by atoms with Crippen LogP contribution >= 0.6 is 0 Å². The van der Waals surface area contributed by atoms with E-state index in [0.29, 0.717) is 5.92 Å². The Bertz CT molecular complexity index is 907. The fourth-order valence-electron chi connectivity index (χ4n) is 4.09. The van der Waals surface area contributed by atoms with Gasteiger partial charge in [-0.25, -0.2) is 4.39 Å². The first kappa shape index (κ1) is 22.0. The van der Waals surface area contributed by atoms with Crippen LogP contribution in [0.25, 0.3) is 0 Å². The minimum Gasteiger partial charge on any atom is -0.429 e. The van der Waals surface area contributed by atoms with E-state index in [1.807, 2.05) is 6.92 Å². The predicted molar refractivity (Wildman–Crippen MR) is 111 cm³/mol. The summed E-state index contributed by atoms with van der Waals surface area (Å²) in [5.74, 6) is -0.0549. The third-order valence-corrected chi connectivity index (χ3v) is 5.85. The summed E-state index contributed by atoms with van der Waals surface area (Å²) in [6, 6.07) is 11.0. The van der Waals surface area contributed by atoms with Crippen LogP contribution in [0.3, 0.4) is 0 Å². The van der Waals surface area contributed by atoms with Crippen LogP contribution < -0.4 is 4.74 Å². The lowest BCUT2D eigenvalue weighted by atomic mass is 9.77. The van der Waals surface area contributed by atoms with Crippen molar-refractivity contribution in [1.29, 1.82) is 5.26 Å². The Kier molecular flexibility index (Phi) is 7.20. The molecule has 0 N–H and O–H groups in total. The quantitative estimate of drug-likeness (QED) is 0.442. The molecule has 0 radical (unpaired) electrons. The number of benzene rings is 2. The molecule has 2 aromatic rings. The third kappa shape index (κ3) is 5.44. The van der Waals surface area contributed by atoms with Gasteiger partial charge in [0.2, 0.25) is 0 Å². The Hall–Kier alpha value is -2.74. The van der Waals surface area contributed by atoms with Crippen molar-refractivity contribution in [2.45, 2.75) is 57.5 Å². The molecule has 1 fully saturated rings. The minimum absolute atomic E-state index is 0.216. The van der Waals surface area contributed by atoms with Crippen molar-refractivity contribution in [1.82, 2.24) is 0 Å². The zero-order valence-electron chi connectivity index (χ0n) is 17.1. The van der Waals surface area contributed by atoms with Crippen LogP contribution in [0.4, 0.5) is 13.2 Å². The van der Waals surface area contributed by atoms with E-state index in [2.05, 4.69) is 12.2 Å². The van der Waals surface area contributed by atoms with E-state index in [4.69, 9.17) is 10.00 Å². The third-order valence-electron chi connectivity index (χ3n) is 5.85. The van der Waals surface area contributed by atoms with Gasteiger partial charge in [-0.1, -0.05) is 24.3 Å². The highest BCUT2D eigenvalue weighted by Crippen LogP contribution is 2.39. The second-order valence-corrected chi connectivity index (χ2v) is 7.86. The van der Waals surface area contributed by atoms with Gasteiger partial charge in [0.1, 0.15) is 17.6 Å². The number of allylic oxidation sites excluding steroid dienone is 2. The molecule has 158 valence electrons. The lowest BCUT2D eigenvalue weighted by Gasteiger charge is -2.29. The molecule has 3 rings (SSSR count). The van der Waals surface area contributed by atoms with Gasteiger partial charge in [0, 0.05) is 6.07 Å². The molecule has 0 saturated heterocycles. The highest BCUT2D eigenvalue weighted by molar-refractivity contribution is 5.37. The number of nitriles is 1. The molecule has 1 saturated carbocycles. The second-order valence-electron chi connectivity index (χ2n) is 7.86. The summed E-state index contributed by atoms with van der Waals surface area (Å²) in [6.07, 6.45) is 7.55. The average Bonchev–Trinajstić information content (AvgIpc) is 2.74. The van der Waals surface area contributed by atoms with Gasteiger partial charge < -0.3 is 4.74 Å². The Morgan fingerprint density at radius 1 is 1.10 bits per heavy atom. The summed E-state index contributed by atoms with van der Waals surface area (Å²) in [5.41, 5.74) is 0.577. The normalized spacial score (nSPS) is 19.6. The monoisotopic (exact) mass is 413 g/mol. The number of nitrogens with zero attached hydrogens (tertiary/aromatic N) is 1. The molecule has 2 aromatic carbocycles. The van der Waals surface area contributed by atoms with Crippen LogP contribution in [0.15, 0.2) is 54.6 Å². The minimum atomic E-state index is -3.59. The maximum atomic E-state index is 14.5. The lowest BCUT2D eigenvalue weighted by molar-refractivity contribution is -0.185. The molecule has 0 amide bonds. The summed E-state index contributed by atoms with van der Waals surface area (Å²) < 4.78 is 47.4. The SMILES string of the molecule is C/C=C\CC[C@H]1CC[C@H](c2ccc(C(F)(F)Oc3ccc(C#N)c(F)c3)cc2)CC1. The van der Waals surface area contributed by atoms with Crippen LogP contribution in [0.2, 0.25) is 0 Å². The van der Waals surface area contributed by atoms with Crippen molar-refractivity contribution in [3.8, 4) is 11.8 Å². The van der Waals surface area contributed by atoms with Gasteiger partial charge in [-0.05, 0) is 87.1 Å². The van der Waals surface area contributed by atoms with E-state index >= 15 is 0 Å². The Labute approximate surface area is 176 Å². The van der Waals surface area contributed by atoms with E-state index in [-0.39, 0.29) is 16.9 Å². The topological polar surface area (TPSA) is 33.0 Å². The number of hydrogen-bond donors (Lipinski definition) is 0. The van der Waals surface area contributed by atoms with E-state index in [0.717, 1.165) is 42.9 Å². The molecule has 0 aliphatic heterocycles. The molecule has 5 heteroatoms. The zero-order valence-corrected chi connectivity index (χ0v) is 17.1. The van der Waals surface area contributed by atoms with Gasteiger partial charge in [-0.15, -0.1) is 0 Å². The van der Waals surface area contributed by atoms with Gasteiger partial charge in [0.15, 0.2) is 0 Å². The van der Waals surface area contributed by atoms with Crippen molar-refractivity contribution in [2.24, 2.45) is 5.92 Å². The molecule has 1 aliphatic carbocycles. The second kappa shape index (κ2) is 9.84. The molecule has 1 aliphatic rings. The number of halogens is 3. The summed E-state index contributed by atoms with van der Waals surface area (Å²) in [7, 11) is 0. The van der Waals surface area contributed by atoms with Gasteiger partial charge in [0.25, 0.3) is 0 Å². The smallest absolute Gasteiger partial charge is 0.426 e. The summed E-state index contributed by atoms with van der Waals surface area (Å²) in [5, 5.41) is 8.73. The Morgan fingerprint density at radius 2 is 1.80 bits per heavy atom. The number of rotatable bonds is 7. The van der Waals surface area contributed by atoms with E-state index in [1.165, 1.54) is 37.5 Å². The van der Waals surface area contributed by atoms with E-state index in [1.54, 1.807) is 18.2 Å². The van der Waals surface area contributed by atoms with Gasteiger partial charge >= 0.3 is 6.11 Å². The van der Waals surface area contributed by atoms with Crippen molar-refractivity contribution in [2.75, 3.05) is 0 Å². The zero-order chi connectivity index (χ0) is 21.6. The fraction of sp³-hybridized carbons (Fsp3) is 0.400. The Balaban J connectivity index is 1.61. The van der Waals surface area contributed by atoms with Crippen molar-refractivity contribution < 1.29 is 17.9 Å². The molecular weight excluding hydrogens is 387 g/mol. The van der Waals surface area contributed by atoms with Crippen molar-refractivity contribution in [3.63, 3.8) is 0 Å². The molecule has 0 bridgehead atoms. The molecule has 0 unspecified atom stereocenters. The van der Waals surface area contributed by atoms with Crippen molar-refractivity contribution >= 4 is 0 Å². The average molecular weight is 413 g/mol. The number of ether oxygens (including phenoxy) is 1. The van der Waals surface area contributed by atoms with E-state index < -0.39 is 11.9 Å². The lowest BCUT2D eigenvalue weighted by Crippen LogP contribution is -2.22. The van der Waals surface area contributed by atoms with Crippen LogP contribution in [-0.2, 0) is 6.11 Å². The first-order chi connectivity index (χ1) is 14.4. The van der Waals surface area contributed by atoms with Crippen LogP contribution in [0.5, 0.6) is 5.75 Å². The summed E-state index contributed by atoms with van der Waals surface area (Å²) >= 11 is 0. The predicted octanol–water partition coefficient (Wildman–Crippen LogP) is 7.46. The molecule has 0 aromatic heterocycles. The Morgan fingerprint density at radius 3 is 2.40 bits per heavy atom. The highest BCUT2D eigenvalue weighted by atomic mass is 19.3. The first-order valence-corrected chi connectivity index (χ1v) is 10.4. The molecular formula is C25H26F3NO. The largest absolute Gasteiger partial charge is 0.429 e. The molecule has 0 spiro atoms. The molecule has 0 heterocycles. The highest BCUT2D eigenvalue weighted by Gasteiger charge is 2.35.